The largest absolute Gasteiger partial charge is 0.465 e. The van der Waals surface area contributed by atoms with Crippen molar-refractivity contribution in [3.63, 3.8) is 0 Å². The van der Waals surface area contributed by atoms with Crippen LogP contribution in [0.25, 0.3) is 10.8 Å². The number of methoxy groups -OCH3 is 2. The Hall–Kier alpha value is -3.14. The van der Waals surface area contributed by atoms with E-state index in [2.05, 4.69) is 65.8 Å². The molecule has 0 atom stereocenters. The first-order valence-electron chi connectivity index (χ1n) is 15.1. The van der Waals surface area contributed by atoms with Crippen LogP contribution in [0.2, 0.25) is 0 Å². The Morgan fingerprint density at radius 2 is 1.05 bits per heavy atom. The third kappa shape index (κ3) is 5.18. The summed E-state index contributed by atoms with van der Waals surface area (Å²) in [7, 11) is 2.82. The summed E-state index contributed by atoms with van der Waals surface area (Å²) >= 11 is 0. The lowest BCUT2D eigenvalue weighted by Gasteiger charge is -2.34. The minimum absolute atomic E-state index is 0.356. The average molecular weight is 543 g/mol. The molecular weight excluding hydrogens is 496 g/mol. The third-order valence-corrected chi connectivity index (χ3v) is 8.67. The number of benzene rings is 3. The molecule has 0 aromatic heterocycles. The molecule has 3 aromatic carbocycles. The van der Waals surface area contributed by atoms with Crippen molar-refractivity contribution in [2.24, 2.45) is 0 Å². The van der Waals surface area contributed by atoms with Crippen molar-refractivity contribution in [2.75, 3.05) is 14.2 Å². The molecule has 4 nitrogen and oxygen atoms in total. The first-order valence-corrected chi connectivity index (χ1v) is 15.1. The minimum atomic E-state index is -0.441. The summed E-state index contributed by atoms with van der Waals surface area (Å²) in [6.07, 6.45) is 6.87. The number of esters is 2. The van der Waals surface area contributed by atoms with Crippen LogP contribution in [-0.2, 0) is 35.2 Å². The van der Waals surface area contributed by atoms with Crippen LogP contribution in [0.15, 0.2) is 24.3 Å². The highest BCUT2D eigenvalue weighted by molar-refractivity contribution is 6.06. The number of carbonyl (C=O) groups excluding carboxylic acids is 2. The van der Waals surface area contributed by atoms with Crippen LogP contribution in [0.4, 0.5) is 0 Å². The summed E-state index contributed by atoms with van der Waals surface area (Å²) in [5.74, 6) is -0.171. The topological polar surface area (TPSA) is 52.6 Å². The van der Waals surface area contributed by atoms with Gasteiger partial charge in [0.25, 0.3) is 0 Å². The third-order valence-electron chi connectivity index (χ3n) is 8.67. The van der Waals surface area contributed by atoms with Crippen LogP contribution in [0.3, 0.4) is 0 Å². The van der Waals surface area contributed by atoms with Crippen LogP contribution in [-0.4, -0.2) is 26.2 Å². The Bertz CT molecular complexity index is 1320. The molecule has 0 saturated heterocycles. The van der Waals surface area contributed by atoms with E-state index in [1.807, 2.05) is 0 Å². The molecule has 1 aliphatic rings. The summed E-state index contributed by atoms with van der Waals surface area (Å²) in [6, 6.07) is 8.85. The zero-order chi connectivity index (χ0) is 29.1. The SMILES string of the molecule is CCCCc1c2c(c(CCCC)c(C(=O)OC)c1C(=O)OC)Cc1c(c(C(C)C)c3ccccc3c1C(C)C)C2. The number of unbranched alkanes of at least 4 members (excludes halogenated alkanes) is 2. The summed E-state index contributed by atoms with van der Waals surface area (Å²) in [6.45, 7) is 13.5. The number of hydrogen-bond donors (Lipinski definition) is 0. The highest BCUT2D eigenvalue weighted by Crippen LogP contribution is 2.46. The Balaban J connectivity index is 2.17. The monoisotopic (exact) mass is 542 g/mol. The second-order valence-corrected chi connectivity index (χ2v) is 11.8. The van der Waals surface area contributed by atoms with Crippen LogP contribution in [0.1, 0.15) is 144 Å². The molecule has 4 heteroatoms. The molecule has 4 rings (SSSR count). The fourth-order valence-corrected chi connectivity index (χ4v) is 6.99. The zero-order valence-electron chi connectivity index (χ0n) is 25.8. The zero-order valence-corrected chi connectivity index (χ0v) is 25.8. The van der Waals surface area contributed by atoms with Gasteiger partial charge in [0, 0.05) is 0 Å². The molecule has 0 aliphatic heterocycles. The van der Waals surface area contributed by atoms with E-state index < -0.39 is 11.9 Å². The van der Waals surface area contributed by atoms with Crippen molar-refractivity contribution in [3.8, 4) is 0 Å². The second-order valence-electron chi connectivity index (χ2n) is 11.8. The quantitative estimate of drug-likeness (QED) is 0.188. The first-order chi connectivity index (χ1) is 19.2. The lowest BCUT2D eigenvalue weighted by molar-refractivity contribution is 0.0552. The average Bonchev–Trinajstić information content (AvgIpc) is 2.95. The Morgan fingerprint density at radius 1 is 0.675 bits per heavy atom. The lowest BCUT2D eigenvalue weighted by Crippen LogP contribution is -2.25. The molecule has 0 heterocycles. The van der Waals surface area contributed by atoms with Gasteiger partial charge in [0.2, 0.25) is 0 Å². The summed E-state index contributed by atoms with van der Waals surface area (Å²) in [5.41, 5.74) is 10.9. The number of carbonyl (C=O) groups is 2. The molecular formula is C36H46O4. The Morgan fingerprint density at radius 3 is 1.35 bits per heavy atom. The van der Waals surface area contributed by atoms with E-state index in [-0.39, 0.29) is 0 Å². The van der Waals surface area contributed by atoms with E-state index in [0.717, 1.165) is 62.5 Å². The van der Waals surface area contributed by atoms with Gasteiger partial charge >= 0.3 is 11.9 Å². The van der Waals surface area contributed by atoms with Crippen LogP contribution >= 0.6 is 0 Å². The van der Waals surface area contributed by atoms with Gasteiger partial charge in [-0.2, -0.15) is 0 Å². The smallest absolute Gasteiger partial charge is 0.339 e. The van der Waals surface area contributed by atoms with Gasteiger partial charge in [-0.1, -0.05) is 78.6 Å². The predicted octanol–water partition coefficient (Wildman–Crippen LogP) is 8.84. The maximum atomic E-state index is 13.5. The van der Waals surface area contributed by atoms with Crippen molar-refractivity contribution in [3.05, 3.63) is 79.9 Å². The van der Waals surface area contributed by atoms with Gasteiger partial charge in [-0.3, -0.25) is 0 Å². The van der Waals surface area contributed by atoms with Crippen molar-refractivity contribution >= 4 is 22.7 Å². The Kier molecular flexibility index (Phi) is 9.38. The second kappa shape index (κ2) is 12.6. The van der Waals surface area contributed by atoms with Crippen LogP contribution in [0.5, 0.6) is 0 Å². The molecule has 40 heavy (non-hydrogen) atoms. The van der Waals surface area contributed by atoms with Crippen molar-refractivity contribution in [1.29, 1.82) is 0 Å². The van der Waals surface area contributed by atoms with Gasteiger partial charge < -0.3 is 9.47 Å². The maximum absolute atomic E-state index is 13.5. The molecule has 0 unspecified atom stereocenters. The molecule has 214 valence electrons. The lowest BCUT2D eigenvalue weighted by atomic mass is 9.70. The molecule has 0 bridgehead atoms. The molecule has 0 N–H and O–H groups in total. The van der Waals surface area contributed by atoms with Gasteiger partial charge in [-0.25, -0.2) is 9.59 Å². The normalized spacial score (nSPS) is 12.6. The van der Waals surface area contributed by atoms with Gasteiger partial charge in [0.15, 0.2) is 0 Å². The fourth-order valence-electron chi connectivity index (χ4n) is 6.99. The fraction of sp³-hybridized carbons (Fsp3) is 0.500. The summed E-state index contributed by atoms with van der Waals surface area (Å²) in [5, 5.41) is 2.67. The molecule has 3 aromatic rings. The molecule has 0 radical (unpaired) electrons. The first kappa shape index (κ1) is 29.8. The highest BCUT2D eigenvalue weighted by atomic mass is 16.5. The van der Waals surface area contributed by atoms with Gasteiger partial charge in [-0.05, 0) is 106 Å². The Labute approximate surface area is 240 Å². The van der Waals surface area contributed by atoms with E-state index in [9.17, 15) is 9.59 Å². The van der Waals surface area contributed by atoms with Gasteiger partial charge in [-0.15, -0.1) is 0 Å². The molecule has 0 spiro atoms. The van der Waals surface area contributed by atoms with Crippen molar-refractivity contribution in [2.45, 2.75) is 105 Å². The number of rotatable bonds is 10. The molecule has 0 amide bonds. The standard InChI is InChI=1S/C36H46O4/c1-9-11-15-25-27-19-29-30(32(22(5)6)24-18-14-13-17-23(24)31(29)21(3)4)20-28(27)26(16-12-10-2)34(36(38)40-8)33(25)35(37)39-7/h13-14,17-18,21-22H,9-12,15-16,19-20H2,1-8H3. The van der Waals surface area contributed by atoms with E-state index in [4.69, 9.17) is 9.47 Å². The number of fused-ring (bicyclic) bond motifs is 3. The van der Waals surface area contributed by atoms with Crippen molar-refractivity contribution in [1.82, 2.24) is 0 Å². The number of ether oxygens (including phenoxy) is 2. The minimum Gasteiger partial charge on any atom is -0.465 e. The van der Waals surface area contributed by atoms with Crippen LogP contribution < -0.4 is 0 Å². The van der Waals surface area contributed by atoms with E-state index in [1.54, 1.807) is 0 Å². The van der Waals surface area contributed by atoms with E-state index in [1.165, 1.54) is 58.4 Å². The molecule has 1 aliphatic carbocycles. The van der Waals surface area contributed by atoms with Crippen molar-refractivity contribution < 1.29 is 19.1 Å². The molecule has 0 saturated carbocycles. The van der Waals surface area contributed by atoms with E-state index >= 15 is 0 Å². The van der Waals surface area contributed by atoms with Crippen LogP contribution in [0, 0.1) is 0 Å². The van der Waals surface area contributed by atoms with Gasteiger partial charge in [0.05, 0.1) is 25.3 Å². The molecule has 0 fully saturated rings. The highest BCUT2D eigenvalue weighted by Gasteiger charge is 2.35. The summed E-state index contributed by atoms with van der Waals surface area (Å²) < 4.78 is 10.7. The van der Waals surface area contributed by atoms with Gasteiger partial charge in [0.1, 0.15) is 0 Å². The predicted molar refractivity (Wildman–Crippen MR) is 164 cm³/mol. The summed E-state index contributed by atoms with van der Waals surface area (Å²) in [4.78, 5) is 26.9. The maximum Gasteiger partial charge on any atom is 0.339 e. The van der Waals surface area contributed by atoms with E-state index in [0.29, 0.717) is 23.0 Å². The number of hydrogen-bond acceptors (Lipinski definition) is 4.